The minimum absolute atomic E-state index is 0. The van der Waals surface area contributed by atoms with Crippen molar-refractivity contribution < 1.29 is 4.79 Å². The number of anilines is 1. The lowest BCUT2D eigenvalue weighted by molar-refractivity contribution is 0.196. The Balaban J connectivity index is 0.00000196. The van der Waals surface area contributed by atoms with Gasteiger partial charge in [0.2, 0.25) is 0 Å². The van der Waals surface area contributed by atoms with E-state index in [2.05, 4.69) is 39.9 Å². The number of nitrogens with zero attached hydrogens (tertiary/aromatic N) is 3. The number of hydrogen-bond acceptors (Lipinski definition) is 4. The first-order valence-corrected chi connectivity index (χ1v) is 9.29. The minimum Gasteiger partial charge on any atom is -0.367 e. The van der Waals surface area contributed by atoms with E-state index in [0.717, 1.165) is 43.0 Å². The molecule has 5 nitrogen and oxygen atoms in total. The zero-order chi connectivity index (χ0) is 17.2. The topological polar surface area (TPSA) is 48.5 Å². The number of carbonyl (C=O) groups excluding carboxylic acids is 1. The number of piperazine rings is 1. The summed E-state index contributed by atoms with van der Waals surface area (Å²) in [6, 6.07) is 14.5. The molecule has 1 aliphatic heterocycles. The third kappa shape index (κ3) is 3.48. The molecule has 3 heterocycles. The van der Waals surface area contributed by atoms with E-state index in [4.69, 9.17) is 4.98 Å². The number of aromatic nitrogens is 1. The van der Waals surface area contributed by atoms with Crippen LogP contribution in [0.25, 0.3) is 21.5 Å². The molecule has 0 atom stereocenters. The zero-order valence-corrected chi connectivity index (χ0v) is 16.1. The molecule has 0 radical (unpaired) electrons. The molecule has 1 fully saturated rings. The molecule has 2 amide bonds. The van der Waals surface area contributed by atoms with Crippen LogP contribution in [-0.2, 0) is 0 Å². The van der Waals surface area contributed by atoms with Gasteiger partial charge in [-0.1, -0.05) is 30.3 Å². The first-order valence-electron chi connectivity index (χ1n) is 8.41. The highest BCUT2D eigenvalue weighted by Crippen LogP contribution is 2.34. The van der Waals surface area contributed by atoms with Gasteiger partial charge >= 0.3 is 6.03 Å². The Hall–Kier alpha value is -2.31. The van der Waals surface area contributed by atoms with Crippen molar-refractivity contribution in [2.75, 3.05) is 38.1 Å². The molecule has 0 spiro atoms. The molecule has 1 aromatic carbocycles. The van der Waals surface area contributed by atoms with Crippen LogP contribution in [0, 0.1) is 0 Å². The lowest BCUT2D eigenvalue weighted by Crippen LogP contribution is -2.51. The SMILES string of the molecule is CNC(=O)N1CCN(c2cc(-c3ccccc3)nc3ccsc23)CC1.Cl. The van der Waals surface area contributed by atoms with Crippen LogP contribution in [0.4, 0.5) is 10.5 Å². The second kappa shape index (κ2) is 7.93. The molecular weight excluding hydrogens is 368 g/mol. The van der Waals surface area contributed by atoms with Crippen molar-refractivity contribution in [3.8, 4) is 11.3 Å². The van der Waals surface area contributed by atoms with Crippen LogP contribution >= 0.6 is 23.7 Å². The molecular formula is C19H21ClN4OS. The van der Waals surface area contributed by atoms with Crippen molar-refractivity contribution in [2.24, 2.45) is 0 Å². The van der Waals surface area contributed by atoms with Gasteiger partial charge < -0.3 is 15.1 Å². The van der Waals surface area contributed by atoms with Crippen LogP contribution in [0.2, 0.25) is 0 Å². The van der Waals surface area contributed by atoms with Crippen molar-refractivity contribution in [1.82, 2.24) is 15.2 Å². The normalized spacial score (nSPS) is 14.2. The molecule has 26 heavy (non-hydrogen) atoms. The summed E-state index contributed by atoms with van der Waals surface area (Å²) in [6.07, 6.45) is 0. The standard InChI is InChI=1S/C19H20N4OS.ClH/c1-20-19(24)23-10-8-22(9-11-23)17-13-16(14-5-3-2-4-6-14)21-15-7-12-25-18(15)17;/h2-7,12-13H,8-11H2,1H3,(H,20,24);1H. The Morgan fingerprint density at radius 1 is 1.12 bits per heavy atom. The fourth-order valence-corrected chi connectivity index (χ4v) is 4.12. The zero-order valence-electron chi connectivity index (χ0n) is 14.5. The molecule has 0 saturated carbocycles. The third-order valence-corrected chi connectivity index (χ3v) is 5.51. The number of halogens is 1. The van der Waals surface area contributed by atoms with Crippen LogP contribution in [0.1, 0.15) is 0 Å². The summed E-state index contributed by atoms with van der Waals surface area (Å²) in [6.45, 7) is 3.13. The van der Waals surface area contributed by atoms with Gasteiger partial charge in [0.15, 0.2) is 0 Å². The highest BCUT2D eigenvalue weighted by atomic mass is 35.5. The molecule has 136 valence electrons. The number of fused-ring (bicyclic) bond motifs is 1. The maximum absolute atomic E-state index is 11.8. The Morgan fingerprint density at radius 3 is 2.54 bits per heavy atom. The molecule has 1 N–H and O–H groups in total. The van der Waals surface area contributed by atoms with Gasteiger partial charge in [-0.2, -0.15) is 0 Å². The molecule has 0 unspecified atom stereocenters. The van der Waals surface area contributed by atoms with Gasteiger partial charge in [0.25, 0.3) is 0 Å². The summed E-state index contributed by atoms with van der Waals surface area (Å²) in [5.74, 6) is 0. The van der Waals surface area contributed by atoms with Crippen LogP contribution in [-0.4, -0.2) is 49.1 Å². The summed E-state index contributed by atoms with van der Waals surface area (Å²) in [4.78, 5) is 20.9. The number of nitrogens with one attached hydrogen (secondary N) is 1. The highest BCUT2D eigenvalue weighted by Gasteiger charge is 2.22. The molecule has 1 saturated heterocycles. The second-order valence-electron chi connectivity index (χ2n) is 6.06. The number of carbonyl (C=O) groups is 1. The third-order valence-electron chi connectivity index (χ3n) is 4.58. The van der Waals surface area contributed by atoms with Crippen molar-refractivity contribution in [2.45, 2.75) is 0 Å². The maximum Gasteiger partial charge on any atom is 0.317 e. The highest BCUT2D eigenvalue weighted by molar-refractivity contribution is 7.17. The van der Waals surface area contributed by atoms with E-state index in [9.17, 15) is 4.79 Å². The second-order valence-corrected chi connectivity index (χ2v) is 6.97. The minimum atomic E-state index is 0. The van der Waals surface area contributed by atoms with Crippen molar-refractivity contribution in [1.29, 1.82) is 0 Å². The number of hydrogen-bond donors (Lipinski definition) is 1. The van der Waals surface area contributed by atoms with Crippen molar-refractivity contribution in [3.05, 3.63) is 47.8 Å². The van der Waals surface area contributed by atoms with Gasteiger partial charge in [0, 0.05) is 38.8 Å². The van der Waals surface area contributed by atoms with Gasteiger partial charge in [0.1, 0.15) is 0 Å². The van der Waals surface area contributed by atoms with Crippen LogP contribution in [0.15, 0.2) is 47.8 Å². The largest absolute Gasteiger partial charge is 0.367 e. The van der Waals surface area contributed by atoms with Crippen LogP contribution < -0.4 is 10.2 Å². The summed E-state index contributed by atoms with van der Waals surface area (Å²) < 4.78 is 1.22. The van der Waals surface area contributed by atoms with E-state index >= 15 is 0 Å². The van der Waals surface area contributed by atoms with Crippen molar-refractivity contribution >= 4 is 45.7 Å². The van der Waals surface area contributed by atoms with E-state index in [0.29, 0.717) is 0 Å². The first-order chi connectivity index (χ1) is 12.3. The number of amides is 2. The Labute approximate surface area is 163 Å². The van der Waals surface area contributed by atoms with E-state index < -0.39 is 0 Å². The van der Waals surface area contributed by atoms with Crippen LogP contribution in [0.5, 0.6) is 0 Å². The molecule has 1 aliphatic rings. The number of pyridine rings is 1. The fourth-order valence-electron chi connectivity index (χ4n) is 3.24. The quantitative estimate of drug-likeness (QED) is 0.725. The average Bonchev–Trinajstić information content (AvgIpc) is 3.16. The molecule has 0 aliphatic carbocycles. The smallest absolute Gasteiger partial charge is 0.317 e. The summed E-state index contributed by atoms with van der Waals surface area (Å²) in [5, 5.41) is 4.80. The monoisotopic (exact) mass is 388 g/mol. The van der Waals surface area contributed by atoms with E-state index in [-0.39, 0.29) is 18.4 Å². The number of benzene rings is 1. The van der Waals surface area contributed by atoms with E-state index in [1.807, 2.05) is 23.1 Å². The number of rotatable bonds is 2. The van der Waals surface area contributed by atoms with Crippen molar-refractivity contribution in [3.63, 3.8) is 0 Å². The van der Waals surface area contributed by atoms with Gasteiger partial charge in [-0.3, -0.25) is 0 Å². The van der Waals surface area contributed by atoms with Gasteiger partial charge in [0.05, 0.1) is 21.6 Å². The van der Waals surface area contributed by atoms with E-state index in [1.165, 1.54) is 10.4 Å². The molecule has 2 aromatic heterocycles. The summed E-state index contributed by atoms with van der Waals surface area (Å²) in [5.41, 5.74) is 4.38. The molecule has 3 aromatic rings. The van der Waals surface area contributed by atoms with Crippen LogP contribution in [0.3, 0.4) is 0 Å². The van der Waals surface area contributed by atoms with Gasteiger partial charge in [-0.15, -0.1) is 23.7 Å². The number of urea groups is 1. The maximum atomic E-state index is 11.8. The summed E-state index contributed by atoms with van der Waals surface area (Å²) >= 11 is 1.73. The Kier molecular flexibility index (Phi) is 5.64. The molecule has 7 heteroatoms. The predicted molar refractivity (Wildman–Crippen MR) is 111 cm³/mol. The van der Waals surface area contributed by atoms with Gasteiger partial charge in [-0.05, 0) is 17.5 Å². The molecule has 4 rings (SSSR count). The summed E-state index contributed by atoms with van der Waals surface area (Å²) in [7, 11) is 1.68. The lowest BCUT2D eigenvalue weighted by Gasteiger charge is -2.36. The fraction of sp³-hybridized carbons (Fsp3) is 0.263. The van der Waals surface area contributed by atoms with E-state index in [1.54, 1.807) is 18.4 Å². The molecule has 0 bridgehead atoms. The average molecular weight is 389 g/mol. The Morgan fingerprint density at radius 2 is 1.85 bits per heavy atom. The predicted octanol–water partition coefficient (Wildman–Crippen LogP) is 3.85. The first kappa shape index (κ1) is 18.5. The van der Waals surface area contributed by atoms with Gasteiger partial charge in [-0.25, -0.2) is 9.78 Å². The Bertz CT molecular complexity index is 891. The number of thiophene rings is 1. The lowest BCUT2D eigenvalue weighted by atomic mass is 10.1.